The first-order valence-electron chi connectivity index (χ1n) is 10.3. The summed E-state index contributed by atoms with van der Waals surface area (Å²) < 4.78 is 0. The maximum atomic E-state index is 6.14. The highest BCUT2D eigenvalue weighted by atomic mass is 79.9. The Labute approximate surface area is 208 Å². The van der Waals surface area contributed by atoms with Gasteiger partial charge in [-0.3, -0.25) is 0 Å². The minimum absolute atomic E-state index is 0. The van der Waals surface area contributed by atoms with Crippen LogP contribution in [0.3, 0.4) is 0 Å². The Morgan fingerprint density at radius 2 is 1.44 bits per heavy atom. The molecule has 1 unspecified atom stereocenters. The second kappa shape index (κ2) is 9.57. The van der Waals surface area contributed by atoms with Crippen molar-refractivity contribution in [3.8, 4) is 11.3 Å². The quantitative estimate of drug-likeness (QED) is 0.270. The minimum atomic E-state index is 0. The van der Waals surface area contributed by atoms with E-state index in [-0.39, 0.29) is 23.0 Å². The molecule has 1 aromatic heterocycles. The molecule has 4 aromatic rings. The lowest BCUT2D eigenvalue weighted by molar-refractivity contribution is 0.706. The fraction of sp³-hybridized carbons (Fsp3) is 0.154. The molecule has 1 aliphatic heterocycles. The smallest absolute Gasteiger partial charge is 0.207 e. The molecular formula is C26H23BrClN3S. The van der Waals surface area contributed by atoms with Gasteiger partial charge in [0.2, 0.25) is 5.13 Å². The zero-order valence-electron chi connectivity index (χ0n) is 17.8. The van der Waals surface area contributed by atoms with Gasteiger partial charge in [-0.05, 0) is 37.1 Å². The van der Waals surface area contributed by atoms with Crippen molar-refractivity contribution in [1.29, 1.82) is 0 Å². The topological polar surface area (TPSA) is 28.5 Å². The summed E-state index contributed by atoms with van der Waals surface area (Å²) in [4.78, 5) is 4.94. The molecule has 32 heavy (non-hydrogen) atoms. The third-order valence-electron chi connectivity index (χ3n) is 5.59. The largest absolute Gasteiger partial charge is 0.231 e. The molecule has 6 heteroatoms. The second-order valence-electron chi connectivity index (χ2n) is 7.91. The number of rotatable bonds is 4. The number of hydrazone groups is 1. The molecule has 0 saturated heterocycles. The average molecular weight is 525 g/mol. The number of halogens is 2. The molecule has 162 valence electrons. The first-order chi connectivity index (χ1) is 15.1. The van der Waals surface area contributed by atoms with E-state index in [0.29, 0.717) is 0 Å². The van der Waals surface area contributed by atoms with Crippen LogP contribution in [0.5, 0.6) is 0 Å². The number of aromatic nitrogens is 1. The maximum absolute atomic E-state index is 6.14. The van der Waals surface area contributed by atoms with E-state index in [1.165, 1.54) is 16.7 Å². The highest BCUT2D eigenvalue weighted by Gasteiger charge is 2.31. The summed E-state index contributed by atoms with van der Waals surface area (Å²) in [7, 11) is 0. The minimum Gasteiger partial charge on any atom is -0.231 e. The molecule has 0 fully saturated rings. The summed E-state index contributed by atoms with van der Waals surface area (Å²) >= 11 is 7.77. The Hall–Kier alpha value is -2.47. The van der Waals surface area contributed by atoms with Crippen LogP contribution >= 0.6 is 39.9 Å². The highest BCUT2D eigenvalue weighted by molar-refractivity contribution is 8.93. The van der Waals surface area contributed by atoms with Crippen molar-refractivity contribution in [2.75, 3.05) is 5.01 Å². The molecule has 0 N–H and O–H groups in total. The van der Waals surface area contributed by atoms with E-state index in [1.54, 1.807) is 11.3 Å². The molecule has 0 spiro atoms. The Balaban J connectivity index is 0.00000245. The first kappa shape index (κ1) is 22.7. The molecule has 1 atom stereocenters. The van der Waals surface area contributed by atoms with Crippen molar-refractivity contribution in [3.63, 3.8) is 0 Å². The third kappa shape index (κ3) is 4.65. The van der Waals surface area contributed by atoms with Crippen LogP contribution in [-0.2, 0) is 0 Å². The van der Waals surface area contributed by atoms with Crippen LogP contribution in [0, 0.1) is 13.8 Å². The Morgan fingerprint density at radius 1 is 0.844 bits per heavy atom. The van der Waals surface area contributed by atoms with Gasteiger partial charge in [0.1, 0.15) is 0 Å². The van der Waals surface area contributed by atoms with E-state index >= 15 is 0 Å². The first-order valence-corrected chi connectivity index (χ1v) is 11.5. The molecule has 1 aliphatic rings. The molecule has 5 rings (SSSR count). The summed E-state index contributed by atoms with van der Waals surface area (Å²) in [5.74, 6) is 0. The summed E-state index contributed by atoms with van der Waals surface area (Å²) in [5, 5.41) is 10.8. The molecular weight excluding hydrogens is 502 g/mol. The number of anilines is 1. The number of thiazole rings is 1. The van der Waals surface area contributed by atoms with Crippen LogP contribution in [0.2, 0.25) is 5.02 Å². The SMILES string of the molecule is Br.Cc1ccc(C2=NN(c3nc(-c4ccc(C)cc4)cs3)C(c3ccc(Cl)cc3)C2)cc1. The molecule has 3 aromatic carbocycles. The van der Waals surface area contributed by atoms with E-state index in [0.717, 1.165) is 39.1 Å². The van der Waals surface area contributed by atoms with E-state index in [4.69, 9.17) is 21.7 Å². The normalized spacial score (nSPS) is 15.4. The zero-order chi connectivity index (χ0) is 21.4. The second-order valence-corrected chi connectivity index (χ2v) is 9.18. The predicted molar refractivity (Wildman–Crippen MR) is 142 cm³/mol. The molecule has 0 bridgehead atoms. The van der Waals surface area contributed by atoms with Gasteiger partial charge in [-0.25, -0.2) is 9.99 Å². The fourth-order valence-electron chi connectivity index (χ4n) is 3.78. The molecule has 2 heterocycles. The van der Waals surface area contributed by atoms with Crippen LogP contribution in [0.1, 0.15) is 34.7 Å². The van der Waals surface area contributed by atoms with Crippen molar-refractivity contribution in [2.24, 2.45) is 5.10 Å². The summed E-state index contributed by atoms with van der Waals surface area (Å²) in [6, 6.07) is 25.2. The maximum Gasteiger partial charge on any atom is 0.207 e. The summed E-state index contributed by atoms with van der Waals surface area (Å²) in [5.41, 5.74) is 8.01. The highest BCUT2D eigenvalue weighted by Crippen LogP contribution is 2.39. The van der Waals surface area contributed by atoms with Crippen molar-refractivity contribution >= 4 is 50.8 Å². The Bertz CT molecular complexity index is 1230. The van der Waals surface area contributed by atoms with Gasteiger partial charge in [-0.2, -0.15) is 5.10 Å². The van der Waals surface area contributed by atoms with Gasteiger partial charge in [0, 0.05) is 22.4 Å². The molecule has 0 amide bonds. The molecule has 0 radical (unpaired) electrons. The standard InChI is InChI=1S/C26H22ClN3S.BrH/c1-17-3-7-19(8-4-17)23-15-25(21-11-13-22(27)14-12-21)30(29-23)26-28-24(16-31-26)20-9-5-18(2)6-10-20;/h3-14,16,25H,15H2,1-2H3;1H. The van der Waals surface area contributed by atoms with Crippen molar-refractivity contribution in [2.45, 2.75) is 26.3 Å². The lowest BCUT2D eigenvalue weighted by Gasteiger charge is -2.21. The Kier molecular flexibility index (Phi) is 6.79. The number of aryl methyl sites for hydroxylation is 2. The van der Waals surface area contributed by atoms with E-state index in [1.807, 2.05) is 12.1 Å². The third-order valence-corrected chi connectivity index (χ3v) is 6.67. The van der Waals surface area contributed by atoms with Crippen LogP contribution in [-0.4, -0.2) is 10.7 Å². The van der Waals surface area contributed by atoms with E-state index < -0.39 is 0 Å². The van der Waals surface area contributed by atoms with E-state index in [2.05, 4.69) is 84.9 Å². The number of hydrogen-bond donors (Lipinski definition) is 0. The Morgan fingerprint density at radius 3 is 2.06 bits per heavy atom. The van der Waals surface area contributed by atoms with Gasteiger partial charge in [0.25, 0.3) is 0 Å². The van der Waals surface area contributed by atoms with Crippen LogP contribution in [0.15, 0.2) is 83.3 Å². The molecule has 0 saturated carbocycles. The van der Waals surface area contributed by atoms with Crippen LogP contribution in [0.25, 0.3) is 11.3 Å². The predicted octanol–water partition coefficient (Wildman–Crippen LogP) is 8.01. The van der Waals surface area contributed by atoms with Crippen LogP contribution in [0.4, 0.5) is 5.13 Å². The van der Waals surface area contributed by atoms with Gasteiger partial charge in [-0.15, -0.1) is 28.3 Å². The van der Waals surface area contributed by atoms with Crippen LogP contribution < -0.4 is 5.01 Å². The molecule has 3 nitrogen and oxygen atoms in total. The van der Waals surface area contributed by atoms with Gasteiger partial charge in [0.05, 0.1) is 17.4 Å². The van der Waals surface area contributed by atoms with Gasteiger partial charge < -0.3 is 0 Å². The number of benzene rings is 3. The monoisotopic (exact) mass is 523 g/mol. The number of hydrogen-bond acceptors (Lipinski definition) is 4. The average Bonchev–Trinajstić information content (AvgIpc) is 3.43. The summed E-state index contributed by atoms with van der Waals surface area (Å²) in [6.45, 7) is 4.20. The number of nitrogens with zero attached hydrogens (tertiary/aromatic N) is 3. The lowest BCUT2D eigenvalue weighted by atomic mass is 9.98. The van der Waals surface area contributed by atoms with Crippen molar-refractivity contribution < 1.29 is 0 Å². The van der Waals surface area contributed by atoms with Gasteiger partial charge in [-0.1, -0.05) is 83.4 Å². The molecule has 0 aliphatic carbocycles. The lowest BCUT2D eigenvalue weighted by Crippen LogP contribution is -2.18. The van der Waals surface area contributed by atoms with E-state index in [9.17, 15) is 0 Å². The van der Waals surface area contributed by atoms with Crippen molar-refractivity contribution in [3.05, 3.63) is 105 Å². The fourth-order valence-corrected chi connectivity index (χ4v) is 4.74. The van der Waals surface area contributed by atoms with Gasteiger partial charge in [0.15, 0.2) is 0 Å². The van der Waals surface area contributed by atoms with Crippen molar-refractivity contribution in [1.82, 2.24) is 4.98 Å². The van der Waals surface area contributed by atoms with Gasteiger partial charge >= 0.3 is 0 Å². The zero-order valence-corrected chi connectivity index (χ0v) is 21.1. The summed E-state index contributed by atoms with van der Waals surface area (Å²) in [6.07, 6.45) is 0.824.